The lowest BCUT2D eigenvalue weighted by molar-refractivity contribution is -0.154. The van der Waals surface area contributed by atoms with E-state index in [9.17, 15) is 45.2 Å². The van der Waals surface area contributed by atoms with Gasteiger partial charge in [0.15, 0.2) is 11.5 Å². The van der Waals surface area contributed by atoms with Crippen LogP contribution in [0.15, 0.2) is 18.2 Å². The number of hydrogen-bond acceptors (Lipinski definition) is 11. The predicted octanol–water partition coefficient (Wildman–Crippen LogP) is 7.09. The monoisotopic (exact) mass is 902 g/mol. The van der Waals surface area contributed by atoms with Crippen LogP contribution in [0.5, 0.6) is 11.6 Å². The van der Waals surface area contributed by atoms with Gasteiger partial charge in [-0.2, -0.15) is 17.6 Å². The van der Waals surface area contributed by atoms with Gasteiger partial charge in [0, 0.05) is 30.7 Å². The lowest BCUT2D eigenvalue weighted by atomic mass is 9.77. The van der Waals surface area contributed by atoms with Crippen LogP contribution in [0, 0.1) is 34.5 Å². The Morgan fingerprint density at radius 2 is 1.73 bits per heavy atom. The van der Waals surface area contributed by atoms with Gasteiger partial charge in [0.1, 0.15) is 18.0 Å². The number of alkyl halides is 6. The zero-order valence-corrected chi connectivity index (χ0v) is 35.9. The number of ketones is 1. The van der Waals surface area contributed by atoms with E-state index in [2.05, 4.69) is 14.7 Å². The summed E-state index contributed by atoms with van der Waals surface area (Å²) < 4.78 is 131. The first-order valence-electron chi connectivity index (χ1n) is 21.1. The van der Waals surface area contributed by atoms with Gasteiger partial charge in [0.05, 0.1) is 46.1 Å². The van der Waals surface area contributed by atoms with Crippen molar-refractivity contribution in [3.05, 3.63) is 23.9 Å². The zero-order valence-electron chi connectivity index (χ0n) is 35.1. The highest BCUT2D eigenvalue weighted by atomic mass is 32.2. The normalized spacial score (nSPS) is 31.0. The molecule has 2 bridgehead atoms. The molecule has 3 heterocycles. The maximum atomic E-state index is 16.4. The summed E-state index contributed by atoms with van der Waals surface area (Å²) in [5, 5.41) is 0. The molecule has 0 spiro atoms. The number of nitrogens with zero attached hydrogens (tertiary/aromatic N) is 3. The molecule has 2 aliphatic heterocycles. The molecule has 1 saturated heterocycles. The summed E-state index contributed by atoms with van der Waals surface area (Å²) >= 11 is 0. The molecule has 1 aromatic carbocycles. The van der Waals surface area contributed by atoms with Gasteiger partial charge in [-0.05, 0) is 75.3 Å². The number of fused-ring (bicyclic) bond motifs is 5. The third-order valence-electron chi connectivity index (χ3n) is 13.5. The molecule has 0 radical (unpaired) electrons. The van der Waals surface area contributed by atoms with Crippen LogP contribution in [0.4, 0.5) is 26.3 Å². The third kappa shape index (κ3) is 9.08. The van der Waals surface area contributed by atoms with Gasteiger partial charge in [-0.25, -0.2) is 27.2 Å². The highest BCUT2D eigenvalue weighted by molar-refractivity contribution is 7.91. The van der Waals surface area contributed by atoms with E-state index in [1.807, 2.05) is 4.72 Å². The Labute approximate surface area is 355 Å². The van der Waals surface area contributed by atoms with Gasteiger partial charge in [0.25, 0.3) is 5.92 Å². The summed E-state index contributed by atoms with van der Waals surface area (Å²) in [5.74, 6) is -12.2. The number of esters is 1. The van der Waals surface area contributed by atoms with Crippen LogP contribution < -0.4 is 14.2 Å². The molecule has 2 aromatic rings. The smallest absolute Gasteiger partial charge is 0.387 e. The second-order valence-corrected chi connectivity index (χ2v) is 21.2. The number of benzene rings is 1. The summed E-state index contributed by atoms with van der Waals surface area (Å²) in [6.45, 7) is 4.47. The molecule has 3 aliphatic carbocycles. The number of sulfonamides is 1. The molecule has 13 nitrogen and oxygen atoms in total. The first-order chi connectivity index (χ1) is 28.9. The average molecular weight is 903 g/mol. The molecule has 0 unspecified atom stereocenters. The lowest BCUT2D eigenvalue weighted by Gasteiger charge is -2.35. The van der Waals surface area contributed by atoms with Crippen LogP contribution in [0.25, 0.3) is 11.0 Å². The van der Waals surface area contributed by atoms with Crippen molar-refractivity contribution in [3.63, 3.8) is 0 Å². The Bertz CT molecular complexity index is 2220. The van der Waals surface area contributed by atoms with Crippen molar-refractivity contribution in [3.8, 4) is 11.6 Å². The SMILES string of the molecule is CC[C@@H]1[C@@H]2CN(C(=O)[C@H](C(C)(C)C)CC(=O)O[C@@H]3C[C@H]3CCCCC(F)(F)c3nc4ccc(OC(F)F)cc4nc3O2)[C@@H]1C(=O)C[C@]1(C(=O)NS(=O)(=O)C2(C)CC2)C[C@H]1C(F)F. The highest BCUT2D eigenvalue weighted by Gasteiger charge is 2.67. The maximum Gasteiger partial charge on any atom is 0.387 e. The summed E-state index contributed by atoms with van der Waals surface area (Å²) in [6, 6.07) is 1.85. The van der Waals surface area contributed by atoms with Gasteiger partial charge in [-0.15, -0.1) is 0 Å². The number of hydrogen-bond donors (Lipinski definition) is 1. The topological polar surface area (TPSA) is 171 Å². The second-order valence-electron chi connectivity index (χ2n) is 19.0. The van der Waals surface area contributed by atoms with Gasteiger partial charge >= 0.3 is 12.6 Å². The van der Waals surface area contributed by atoms with Crippen molar-refractivity contribution in [2.45, 2.75) is 147 Å². The fraction of sp³-hybridized carbons (Fsp3) is 0.714. The predicted molar refractivity (Wildman–Crippen MR) is 209 cm³/mol. The third-order valence-corrected chi connectivity index (χ3v) is 15.7. The molecule has 62 heavy (non-hydrogen) atoms. The summed E-state index contributed by atoms with van der Waals surface area (Å²) in [4.78, 5) is 66.5. The number of rotatable bonds is 10. The second kappa shape index (κ2) is 16.4. The number of ether oxygens (including phenoxy) is 3. The van der Waals surface area contributed by atoms with Crippen molar-refractivity contribution in [2.75, 3.05) is 6.54 Å². The van der Waals surface area contributed by atoms with E-state index < -0.39 is 148 Å². The average Bonchev–Trinajstić information content (AvgIpc) is 4.12. The highest BCUT2D eigenvalue weighted by Crippen LogP contribution is 2.59. The number of nitrogens with one attached hydrogen (secondary N) is 1. The Morgan fingerprint density at radius 1 is 1.02 bits per heavy atom. The van der Waals surface area contributed by atoms with Crippen LogP contribution in [-0.2, 0) is 39.9 Å². The molecule has 3 saturated carbocycles. The minimum absolute atomic E-state index is 0.0272. The Kier molecular flexibility index (Phi) is 12.1. The summed E-state index contributed by atoms with van der Waals surface area (Å²) in [7, 11) is -4.31. The molecule has 342 valence electrons. The summed E-state index contributed by atoms with van der Waals surface area (Å²) in [5.41, 5.74) is -4.19. The van der Waals surface area contributed by atoms with Crippen LogP contribution >= 0.6 is 0 Å². The molecule has 1 aromatic heterocycles. The minimum Gasteiger partial charge on any atom is -0.471 e. The van der Waals surface area contributed by atoms with Gasteiger partial charge in [-0.3, -0.25) is 23.9 Å². The standard InChI is InChI=1S/C42H52F6N4O9S/c1-6-23-30-20-52(32(23)28(53)19-41(18-25(41)34(43)44)37(56)51-62(57,58)40(5)13-14-40)36(55)24(39(2,3)4)17-31(54)60-29-15-21(29)9-7-8-12-42(47,48)33-35(61-30)50-27-16-22(59-38(45)46)10-11-26(27)49-33/h10-11,16,21,23-25,29-30,32,34,38H,6-9,12-15,17-20H2,1-5H3,(H,51,56)/t21-,23-,24-,25+,29-,30+,32+,41-/m1/s1. The number of halogens is 6. The van der Waals surface area contributed by atoms with Gasteiger partial charge in [0.2, 0.25) is 34.1 Å². The van der Waals surface area contributed by atoms with Crippen molar-refractivity contribution in [1.82, 2.24) is 19.6 Å². The first-order valence-corrected chi connectivity index (χ1v) is 22.6. The molecular formula is C42H52F6N4O9S. The Hall–Kier alpha value is -4.23. The number of carbonyl (C=O) groups excluding carboxylic acids is 4. The number of amides is 2. The van der Waals surface area contributed by atoms with E-state index in [1.54, 1.807) is 27.7 Å². The molecule has 1 N–H and O–H groups in total. The van der Waals surface area contributed by atoms with Crippen molar-refractivity contribution >= 4 is 44.6 Å². The Morgan fingerprint density at radius 3 is 2.34 bits per heavy atom. The van der Waals surface area contributed by atoms with Crippen LogP contribution in [0.1, 0.15) is 111 Å². The van der Waals surface area contributed by atoms with E-state index in [-0.39, 0.29) is 48.4 Å². The minimum atomic E-state index is -4.31. The van der Waals surface area contributed by atoms with Gasteiger partial charge < -0.3 is 19.1 Å². The lowest BCUT2D eigenvalue weighted by Crippen LogP contribution is -2.50. The molecule has 5 aliphatic rings. The molecule has 2 amide bonds. The van der Waals surface area contributed by atoms with E-state index in [0.717, 1.165) is 17.0 Å². The van der Waals surface area contributed by atoms with Crippen molar-refractivity contribution < 1.29 is 68.1 Å². The number of carbonyl (C=O) groups is 4. The van der Waals surface area contributed by atoms with Crippen LogP contribution in [0.3, 0.4) is 0 Å². The van der Waals surface area contributed by atoms with Gasteiger partial charge in [-0.1, -0.05) is 34.1 Å². The van der Waals surface area contributed by atoms with Crippen LogP contribution in [-0.4, -0.2) is 89.4 Å². The van der Waals surface area contributed by atoms with E-state index in [0.29, 0.717) is 19.3 Å². The molecule has 8 atom stereocenters. The van der Waals surface area contributed by atoms with E-state index >= 15 is 8.78 Å². The first kappa shape index (κ1) is 45.8. The maximum absolute atomic E-state index is 16.4. The van der Waals surface area contributed by atoms with E-state index in [4.69, 9.17) is 9.47 Å². The molecule has 7 rings (SSSR count). The largest absolute Gasteiger partial charge is 0.471 e. The summed E-state index contributed by atoms with van der Waals surface area (Å²) in [6.07, 6.45) is -5.48. The number of Topliss-reactive ketones (excluding diaryl/α,β-unsaturated/α-hetero) is 1. The zero-order chi connectivity index (χ0) is 45.3. The quantitative estimate of drug-likeness (QED) is 0.191. The molecular weight excluding hydrogens is 851 g/mol. The van der Waals surface area contributed by atoms with Crippen LogP contribution in [0.2, 0.25) is 0 Å². The van der Waals surface area contributed by atoms with Crippen molar-refractivity contribution in [1.29, 1.82) is 0 Å². The number of aromatic nitrogens is 2. The molecule has 20 heteroatoms. The fourth-order valence-electron chi connectivity index (χ4n) is 9.09. The van der Waals surface area contributed by atoms with E-state index in [1.165, 1.54) is 13.0 Å². The molecule has 4 fully saturated rings. The van der Waals surface area contributed by atoms with Crippen molar-refractivity contribution in [2.24, 2.45) is 34.5 Å². The fourth-order valence-corrected chi connectivity index (χ4v) is 10.4. The Balaban J connectivity index is 1.30.